The summed E-state index contributed by atoms with van der Waals surface area (Å²) in [5.41, 5.74) is 0.198. The maximum Gasteiger partial charge on any atom is 0.419 e. The van der Waals surface area contributed by atoms with Gasteiger partial charge in [0, 0.05) is 0 Å². The van der Waals surface area contributed by atoms with Gasteiger partial charge in [0.05, 0.1) is 11.3 Å². The van der Waals surface area contributed by atoms with Crippen molar-refractivity contribution in [2.24, 2.45) is 5.14 Å². The van der Waals surface area contributed by atoms with E-state index in [1.807, 2.05) is 0 Å². The van der Waals surface area contributed by atoms with E-state index in [2.05, 4.69) is 4.72 Å². The van der Waals surface area contributed by atoms with Crippen molar-refractivity contribution in [3.63, 3.8) is 0 Å². The van der Waals surface area contributed by atoms with Crippen LogP contribution >= 0.6 is 0 Å². The SMILES string of the molecule is CCc1cc(-c2ccc(C(F)(F)F)c(F)c2)ccc1NS(N)(=O)=O. The van der Waals surface area contributed by atoms with E-state index in [0.717, 1.165) is 12.1 Å². The van der Waals surface area contributed by atoms with Crippen LogP contribution in [0.25, 0.3) is 11.1 Å². The number of nitrogens with one attached hydrogen (secondary N) is 1. The van der Waals surface area contributed by atoms with Crippen molar-refractivity contribution >= 4 is 15.9 Å². The molecule has 0 saturated heterocycles. The van der Waals surface area contributed by atoms with E-state index in [1.165, 1.54) is 12.1 Å². The summed E-state index contributed by atoms with van der Waals surface area (Å²) in [7, 11) is -3.95. The van der Waals surface area contributed by atoms with Crippen LogP contribution in [-0.4, -0.2) is 8.42 Å². The van der Waals surface area contributed by atoms with Gasteiger partial charge in [-0.25, -0.2) is 9.53 Å². The Morgan fingerprint density at radius 2 is 1.67 bits per heavy atom. The summed E-state index contributed by atoms with van der Waals surface area (Å²) in [6, 6.07) is 7.09. The molecule has 4 nitrogen and oxygen atoms in total. The largest absolute Gasteiger partial charge is 0.419 e. The summed E-state index contributed by atoms with van der Waals surface area (Å²) in [6.45, 7) is 1.76. The molecule has 2 aromatic rings. The van der Waals surface area contributed by atoms with Crippen molar-refractivity contribution in [1.29, 1.82) is 0 Å². The minimum Gasteiger partial charge on any atom is -0.271 e. The van der Waals surface area contributed by atoms with Gasteiger partial charge in [-0.3, -0.25) is 4.72 Å². The number of hydrogen-bond donors (Lipinski definition) is 2. The Morgan fingerprint density at radius 3 is 2.17 bits per heavy atom. The number of benzene rings is 2. The van der Waals surface area contributed by atoms with Crippen LogP contribution in [0.1, 0.15) is 18.1 Å². The van der Waals surface area contributed by atoms with Gasteiger partial charge in [-0.2, -0.15) is 21.6 Å². The Morgan fingerprint density at radius 1 is 1.08 bits per heavy atom. The Kier molecular flexibility index (Phi) is 4.86. The first-order valence-corrected chi connectivity index (χ1v) is 8.36. The molecular formula is C15H14F4N2O2S. The number of nitrogens with two attached hydrogens (primary N) is 1. The molecule has 0 aliphatic carbocycles. The van der Waals surface area contributed by atoms with E-state index in [4.69, 9.17) is 5.14 Å². The lowest BCUT2D eigenvalue weighted by Crippen LogP contribution is -2.22. The standard InChI is InChI=1S/C15H14F4N2O2S/c1-2-9-7-10(4-6-14(9)21-24(20,22)23)11-3-5-12(13(16)8-11)15(17,18)19/h3-8,21H,2H2,1H3,(H2,20,22,23). The smallest absolute Gasteiger partial charge is 0.271 e. The van der Waals surface area contributed by atoms with Crippen LogP contribution in [-0.2, 0) is 22.8 Å². The average Bonchev–Trinajstić information content (AvgIpc) is 2.44. The molecule has 0 bridgehead atoms. The molecule has 0 unspecified atom stereocenters. The predicted molar refractivity (Wildman–Crippen MR) is 82.9 cm³/mol. The fraction of sp³-hybridized carbons (Fsp3) is 0.200. The van der Waals surface area contributed by atoms with Crippen molar-refractivity contribution < 1.29 is 26.0 Å². The highest BCUT2D eigenvalue weighted by Gasteiger charge is 2.33. The van der Waals surface area contributed by atoms with Crippen molar-refractivity contribution in [2.45, 2.75) is 19.5 Å². The highest BCUT2D eigenvalue weighted by atomic mass is 32.2. The molecule has 0 radical (unpaired) electrons. The minimum atomic E-state index is -4.76. The van der Waals surface area contributed by atoms with E-state index in [0.29, 0.717) is 23.6 Å². The zero-order valence-corrected chi connectivity index (χ0v) is 13.3. The van der Waals surface area contributed by atoms with Crippen LogP contribution in [0.5, 0.6) is 0 Å². The number of rotatable bonds is 4. The quantitative estimate of drug-likeness (QED) is 0.815. The molecule has 0 aromatic heterocycles. The second-order valence-corrected chi connectivity index (χ2v) is 6.36. The molecule has 0 heterocycles. The number of alkyl halides is 3. The highest BCUT2D eigenvalue weighted by molar-refractivity contribution is 7.90. The maximum atomic E-state index is 13.7. The van der Waals surface area contributed by atoms with Crippen molar-refractivity contribution in [3.05, 3.63) is 53.3 Å². The van der Waals surface area contributed by atoms with Gasteiger partial charge in [0.15, 0.2) is 0 Å². The molecule has 0 atom stereocenters. The van der Waals surface area contributed by atoms with Crippen LogP contribution in [0.4, 0.5) is 23.2 Å². The number of anilines is 1. The van der Waals surface area contributed by atoms with Gasteiger partial charge >= 0.3 is 6.18 Å². The summed E-state index contributed by atoms with van der Waals surface area (Å²) in [6.07, 6.45) is -4.32. The molecule has 3 N–H and O–H groups in total. The summed E-state index contributed by atoms with van der Waals surface area (Å²) in [5.74, 6) is -1.37. The normalized spacial score (nSPS) is 12.2. The van der Waals surface area contributed by atoms with Crippen LogP contribution < -0.4 is 9.86 Å². The van der Waals surface area contributed by atoms with Crippen molar-refractivity contribution in [3.8, 4) is 11.1 Å². The van der Waals surface area contributed by atoms with E-state index in [9.17, 15) is 26.0 Å². The average molecular weight is 362 g/mol. The van der Waals surface area contributed by atoms with Crippen LogP contribution in [0, 0.1) is 5.82 Å². The number of hydrogen-bond acceptors (Lipinski definition) is 2. The van der Waals surface area contributed by atoms with E-state index in [-0.39, 0.29) is 11.3 Å². The molecular weight excluding hydrogens is 348 g/mol. The molecule has 0 spiro atoms. The third-order valence-electron chi connectivity index (χ3n) is 3.35. The Labute approximate surface area is 136 Å². The van der Waals surface area contributed by atoms with Gasteiger partial charge in [-0.1, -0.05) is 19.1 Å². The monoisotopic (exact) mass is 362 g/mol. The van der Waals surface area contributed by atoms with Gasteiger partial charge in [0.1, 0.15) is 5.82 Å². The fourth-order valence-electron chi connectivity index (χ4n) is 2.24. The van der Waals surface area contributed by atoms with E-state index < -0.39 is 27.8 Å². The lowest BCUT2D eigenvalue weighted by Gasteiger charge is -2.13. The highest BCUT2D eigenvalue weighted by Crippen LogP contribution is 2.34. The lowest BCUT2D eigenvalue weighted by molar-refractivity contribution is -0.139. The maximum absolute atomic E-state index is 13.7. The molecule has 24 heavy (non-hydrogen) atoms. The van der Waals surface area contributed by atoms with Crippen LogP contribution in [0.15, 0.2) is 36.4 Å². The first-order chi connectivity index (χ1) is 11.0. The topological polar surface area (TPSA) is 72.2 Å². The lowest BCUT2D eigenvalue weighted by atomic mass is 9.99. The first kappa shape index (κ1) is 18.2. The Hall–Kier alpha value is -2.13. The molecule has 0 amide bonds. The molecule has 0 saturated carbocycles. The zero-order valence-electron chi connectivity index (χ0n) is 12.5. The first-order valence-electron chi connectivity index (χ1n) is 6.82. The molecule has 0 fully saturated rings. The van der Waals surface area contributed by atoms with Crippen molar-refractivity contribution in [2.75, 3.05) is 4.72 Å². The minimum absolute atomic E-state index is 0.248. The molecule has 0 aliphatic rings. The summed E-state index contributed by atoms with van der Waals surface area (Å²) in [4.78, 5) is 0. The van der Waals surface area contributed by atoms with Gasteiger partial charge in [0.25, 0.3) is 10.2 Å². The molecule has 0 aliphatic heterocycles. The van der Waals surface area contributed by atoms with Crippen LogP contribution in [0.3, 0.4) is 0 Å². The van der Waals surface area contributed by atoms with Gasteiger partial charge < -0.3 is 0 Å². The molecule has 9 heteroatoms. The van der Waals surface area contributed by atoms with E-state index >= 15 is 0 Å². The third kappa shape index (κ3) is 4.24. The van der Waals surface area contributed by atoms with Gasteiger partial charge in [-0.05, 0) is 47.4 Å². The summed E-state index contributed by atoms with van der Waals surface area (Å²) in [5, 5.41) is 4.92. The second kappa shape index (κ2) is 6.40. The van der Waals surface area contributed by atoms with Gasteiger partial charge in [-0.15, -0.1) is 0 Å². The molecule has 130 valence electrons. The molecule has 2 rings (SSSR count). The van der Waals surface area contributed by atoms with Gasteiger partial charge in [0.2, 0.25) is 0 Å². The number of aryl methyl sites for hydroxylation is 1. The second-order valence-electron chi connectivity index (χ2n) is 5.06. The fourth-order valence-corrected chi connectivity index (χ4v) is 2.75. The van der Waals surface area contributed by atoms with Crippen molar-refractivity contribution in [1.82, 2.24) is 0 Å². The predicted octanol–water partition coefficient (Wildman–Crippen LogP) is 3.69. The number of halogens is 4. The third-order valence-corrected chi connectivity index (χ3v) is 3.85. The Bertz CT molecular complexity index is 864. The Balaban J connectivity index is 2.45. The van der Waals surface area contributed by atoms with Crippen LogP contribution in [0.2, 0.25) is 0 Å². The zero-order chi connectivity index (χ0) is 18.1. The summed E-state index contributed by atoms with van der Waals surface area (Å²) >= 11 is 0. The van der Waals surface area contributed by atoms with E-state index in [1.54, 1.807) is 13.0 Å². The summed E-state index contributed by atoms with van der Waals surface area (Å²) < 4.78 is 75.8. The molecule has 2 aromatic carbocycles.